The van der Waals surface area contributed by atoms with E-state index >= 15 is 0 Å². The predicted octanol–water partition coefficient (Wildman–Crippen LogP) is 5.36. The molecule has 1 aliphatic heterocycles. The summed E-state index contributed by atoms with van der Waals surface area (Å²) in [5.41, 5.74) is 2.82. The summed E-state index contributed by atoms with van der Waals surface area (Å²) in [6.07, 6.45) is 1.79. The number of amides is 2. The Hall–Kier alpha value is -3.22. The summed E-state index contributed by atoms with van der Waals surface area (Å²) in [6, 6.07) is 20.1. The number of para-hydroxylation sites is 1. The molecule has 156 valence electrons. The van der Waals surface area contributed by atoms with E-state index in [1.165, 1.54) is 11.8 Å². The van der Waals surface area contributed by atoms with Crippen molar-refractivity contribution in [2.75, 3.05) is 12.4 Å². The number of fused-ring (bicyclic) bond motifs is 1. The van der Waals surface area contributed by atoms with Gasteiger partial charge in [0.05, 0.1) is 17.7 Å². The van der Waals surface area contributed by atoms with Crippen molar-refractivity contribution in [2.24, 2.45) is 0 Å². The molecule has 2 N–H and O–H groups in total. The van der Waals surface area contributed by atoms with E-state index in [2.05, 4.69) is 10.6 Å². The normalized spacial score (nSPS) is 14.0. The maximum absolute atomic E-state index is 12.6. The van der Waals surface area contributed by atoms with E-state index < -0.39 is 0 Å². The second-order valence-corrected chi connectivity index (χ2v) is 8.35. The molecule has 0 unspecified atom stereocenters. The minimum Gasteiger partial charge on any atom is -0.496 e. The molecule has 5 nitrogen and oxygen atoms in total. The third-order valence-corrected chi connectivity index (χ3v) is 6.05. The third kappa shape index (κ3) is 4.93. The number of anilines is 1. The standard InChI is InChI=1S/C24H19ClN2O3S/c1-30-20-8-3-2-6-17(20)14-26-23(28)16-9-10-21-19(13-16)27-24(29)22(31-21)12-15-5-4-7-18(25)11-15/h2-13H,14H2,1H3,(H,26,28)(H,27,29). The Kier molecular flexibility index (Phi) is 6.30. The molecule has 0 radical (unpaired) electrons. The Balaban J connectivity index is 1.49. The second-order valence-electron chi connectivity index (χ2n) is 6.83. The lowest BCUT2D eigenvalue weighted by atomic mass is 10.1. The first-order chi connectivity index (χ1) is 15.0. The van der Waals surface area contributed by atoms with Gasteiger partial charge >= 0.3 is 0 Å². The Morgan fingerprint density at radius 3 is 2.77 bits per heavy atom. The largest absolute Gasteiger partial charge is 0.496 e. The number of rotatable bonds is 5. The quantitative estimate of drug-likeness (QED) is 0.513. The molecule has 0 fully saturated rings. The molecule has 31 heavy (non-hydrogen) atoms. The van der Waals surface area contributed by atoms with E-state index in [0.29, 0.717) is 27.7 Å². The fraction of sp³-hybridized carbons (Fsp3) is 0.0833. The Labute approximate surface area is 189 Å². The molecular weight excluding hydrogens is 432 g/mol. The average molecular weight is 451 g/mol. The van der Waals surface area contributed by atoms with E-state index in [0.717, 1.165) is 21.8 Å². The Morgan fingerprint density at radius 1 is 1.13 bits per heavy atom. The van der Waals surface area contributed by atoms with Crippen LogP contribution in [0.15, 0.2) is 76.5 Å². The molecule has 0 aliphatic carbocycles. The number of carbonyl (C=O) groups is 2. The third-order valence-electron chi connectivity index (χ3n) is 4.71. The lowest BCUT2D eigenvalue weighted by molar-refractivity contribution is -0.112. The van der Waals surface area contributed by atoms with E-state index in [4.69, 9.17) is 16.3 Å². The zero-order chi connectivity index (χ0) is 21.8. The summed E-state index contributed by atoms with van der Waals surface area (Å²) in [5, 5.41) is 6.37. The van der Waals surface area contributed by atoms with E-state index in [1.807, 2.05) is 42.5 Å². The molecule has 7 heteroatoms. The van der Waals surface area contributed by atoms with Crippen molar-refractivity contribution in [3.8, 4) is 5.75 Å². The number of halogens is 1. The van der Waals surface area contributed by atoms with Crippen LogP contribution in [0.25, 0.3) is 6.08 Å². The van der Waals surface area contributed by atoms with Crippen LogP contribution in [0.5, 0.6) is 5.75 Å². The molecule has 0 bridgehead atoms. The smallest absolute Gasteiger partial charge is 0.262 e. The fourth-order valence-corrected chi connectivity index (χ4v) is 4.31. The highest BCUT2D eigenvalue weighted by molar-refractivity contribution is 8.04. The van der Waals surface area contributed by atoms with Crippen LogP contribution in [0.2, 0.25) is 5.02 Å². The van der Waals surface area contributed by atoms with Crippen LogP contribution in [0, 0.1) is 0 Å². The molecule has 0 saturated heterocycles. The predicted molar refractivity (Wildman–Crippen MR) is 125 cm³/mol. The Bertz CT molecular complexity index is 1190. The SMILES string of the molecule is COc1ccccc1CNC(=O)c1ccc2c(c1)NC(=O)C(=Cc1cccc(Cl)c1)S2. The Morgan fingerprint density at radius 2 is 1.97 bits per heavy atom. The number of benzene rings is 3. The van der Waals surface area contributed by atoms with Crippen LogP contribution in [0.3, 0.4) is 0 Å². The number of carbonyl (C=O) groups excluding carboxylic acids is 2. The molecule has 3 aromatic carbocycles. The minimum atomic E-state index is -0.228. The highest BCUT2D eigenvalue weighted by Gasteiger charge is 2.22. The van der Waals surface area contributed by atoms with E-state index in [1.54, 1.807) is 37.5 Å². The van der Waals surface area contributed by atoms with Crippen molar-refractivity contribution >= 4 is 46.9 Å². The molecular formula is C24H19ClN2O3S. The summed E-state index contributed by atoms with van der Waals surface area (Å²) < 4.78 is 5.31. The average Bonchev–Trinajstić information content (AvgIpc) is 2.78. The van der Waals surface area contributed by atoms with Crippen molar-refractivity contribution in [2.45, 2.75) is 11.4 Å². The molecule has 0 atom stereocenters. The highest BCUT2D eigenvalue weighted by atomic mass is 35.5. The van der Waals surface area contributed by atoms with Gasteiger partial charge in [0, 0.05) is 27.6 Å². The van der Waals surface area contributed by atoms with Gasteiger partial charge in [0.2, 0.25) is 0 Å². The van der Waals surface area contributed by atoms with Crippen molar-refractivity contribution in [1.82, 2.24) is 5.32 Å². The van der Waals surface area contributed by atoms with E-state index in [-0.39, 0.29) is 11.8 Å². The number of ether oxygens (including phenoxy) is 1. The zero-order valence-electron chi connectivity index (χ0n) is 16.6. The number of nitrogens with one attached hydrogen (secondary N) is 2. The molecule has 0 saturated carbocycles. The van der Waals surface area contributed by atoms with Crippen molar-refractivity contribution in [3.63, 3.8) is 0 Å². The molecule has 2 amide bonds. The first-order valence-corrected chi connectivity index (χ1v) is 10.7. The topological polar surface area (TPSA) is 67.4 Å². The van der Waals surface area contributed by atoms with Gasteiger partial charge in [0.1, 0.15) is 5.75 Å². The monoisotopic (exact) mass is 450 g/mol. The van der Waals surface area contributed by atoms with Crippen LogP contribution >= 0.6 is 23.4 Å². The van der Waals surface area contributed by atoms with Crippen LogP contribution < -0.4 is 15.4 Å². The molecule has 0 aromatic heterocycles. The van der Waals surface area contributed by atoms with Gasteiger partial charge in [-0.2, -0.15) is 0 Å². The molecule has 0 spiro atoms. The van der Waals surface area contributed by atoms with Gasteiger partial charge in [0.25, 0.3) is 11.8 Å². The van der Waals surface area contributed by atoms with Gasteiger partial charge in [0.15, 0.2) is 0 Å². The van der Waals surface area contributed by atoms with Gasteiger partial charge < -0.3 is 15.4 Å². The van der Waals surface area contributed by atoms with E-state index in [9.17, 15) is 9.59 Å². The lowest BCUT2D eigenvalue weighted by Crippen LogP contribution is -2.24. The summed E-state index contributed by atoms with van der Waals surface area (Å²) >= 11 is 7.39. The summed E-state index contributed by atoms with van der Waals surface area (Å²) in [7, 11) is 1.60. The lowest BCUT2D eigenvalue weighted by Gasteiger charge is -2.19. The molecule has 3 aromatic rings. The summed E-state index contributed by atoms with van der Waals surface area (Å²) in [5.74, 6) is 0.271. The maximum Gasteiger partial charge on any atom is 0.262 e. The molecule has 1 aliphatic rings. The van der Waals surface area contributed by atoms with Crippen LogP contribution in [0.1, 0.15) is 21.5 Å². The van der Waals surface area contributed by atoms with Crippen LogP contribution in [-0.4, -0.2) is 18.9 Å². The molecule has 4 rings (SSSR count). The maximum atomic E-state index is 12.6. The zero-order valence-corrected chi connectivity index (χ0v) is 18.2. The van der Waals surface area contributed by atoms with Crippen molar-refractivity contribution in [3.05, 3.63) is 93.3 Å². The summed E-state index contributed by atoms with van der Waals surface area (Å²) in [6.45, 7) is 0.341. The molecule has 1 heterocycles. The number of thioether (sulfide) groups is 1. The fourth-order valence-electron chi connectivity index (χ4n) is 3.18. The van der Waals surface area contributed by atoms with Gasteiger partial charge in [-0.25, -0.2) is 0 Å². The van der Waals surface area contributed by atoms with Crippen molar-refractivity contribution in [1.29, 1.82) is 0 Å². The number of hydrogen-bond acceptors (Lipinski definition) is 4. The summed E-state index contributed by atoms with van der Waals surface area (Å²) in [4.78, 5) is 26.6. The highest BCUT2D eigenvalue weighted by Crippen LogP contribution is 2.39. The number of hydrogen-bond donors (Lipinski definition) is 2. The van der Waals surface area contributed by atoms with Gasteiger partial charge in [-0.1, -0.05) is 53.7 Å². The van der Waals surface area contributed by atoms with Gasteiger partial charge in [-0.15, -0.1) is 0 Å². The second kappa shape index (κ2) is 9.29. The van der Waals surface area contributed by atoms with Gasteiger partial charge in [-0.3, -0.25) is 9.59 Å². The first kappa shape index (κ1) is 21.0. The first-order valence-electron chi connectivity index (χ1n) is 9.54. The van der Waals surface area contributed by atoms with Crippen LogP contribution in [-0.2, 0) is 11.3 Å². The van der Waals surface area contributed by atoms with Gasteiger partial charge in [-0.05, 0) is 48.0 Å². The minimum absolute atomic E-state index is 0.218. The van der Waals surface area contributed by atoms with Crippen molar-refractivity contribution < 1.29 is 14.3 Å². The number of methoxy groups -OCH3 is 1. The van der Waals surface area contributed by atoms with Crippen LogP contribution in [0.4, 0.5) is 5.69 Å².